The standard InChI is InChI=1S/C17H18ClN3O3/c1-8-15(10(3)22)9(2)19-16(8)17(24)21-14-7-12(18)5-6-13(14)20-11(4)23/h5-7,19H,1-4H3,(H,20,23)(H,21,24). The molecule has 2 rings (SSSR count). The zero-order valence-corrected chi connectivity index (χ0v) is 14.6. The molecule has 7 heteroatoms. The number of hydrogen-bond acceptors (Lipinski definition) is 3. The SMILES string of the molecule is CC(=O)Nc1ccc(Cl)cc1NC(=O)c1[nH]c(C)c(C(C)=O)c1C. The van der Waals surface area contributed by atoms with Gasteiger partial charge in [0.25, 0.3) is 5.91 Å². The Labute approximate surface area is 144 Å². The number of carbonyl (C=O) groups excluding carboxylic acids is 3. The van der Waals surface area contributed by atoms with Gasteiger partial charge in [-0.05, 0) is 44.5 Å². The Morgan fingerprint density at radius 2 is 1.71 bits per heavy atom. The number of aromatic amines is 1. The molecule has 0 radical (unpaired) electrons. The molecule has 0 saturated heterocycles. The van der Waals surface area contributed by atoms with Crippen LogP contribution in [-0.2, 0) is 4.79 Å². The van der Waals surface area contributed by atoms with Gasteiger partial charge in [-0.1, -0.05) is 11.6 Å². The van der Waals surface area contributed by atoms with Crippen molar-refractivity contribution in [1.82, 2.24) is 4.98 Å². The van der Waals surface area contributed by atoms with Gasteiger partial charge in [0, 0.05) is 23.2 Å². The van der Waals surface area contributed by atoms with Crippen LogP contribution in [-0.4, -0.2) is 22.6 Å². The number of nitrogens with one attached hydrogen (secondary N) is 3. The summed E-state index contributed by atoms with van der Waals surface area (Å²) < 4.78 is 0. The maximum atomic E-state index is 12.6. The topological polar surface area (TPSA) is 91.1 Å². The van der Waals surface area contributed by atoms with Crippen LogP contribution in [0.5, 0.6) is 0 Å². The normalized spacial score (nSPS) is 10.4. The fraction of sp³-hybridized carbons (Fsp3) is 0.235. The summed E-state index contributed by atoms with van der Waals surface area (Å²) in [5.41, 5.74) is 2.84. The first-order valence-corrected chi connectivity index (χ1v) is 7.67. The van der Waals surface area contributed by atoms with E-state index in [9.17, 15) is 14.4 Å². The molecule has 126 valence electrons. The molecule has 0 unspecified atom stereocenters. The highest BCUT2D eigenvalue weighted by atomic mass is 35.5. The van der Waals surface area contributed by atoms with Gasteiger partial charge in [0.15, 0.2) is 5.78 Å². The van der Waals surface area contributed by atoms with Gasteiger partial charge in [-0.2, -0.15) is 0 Å². The van der Waals surface area contributed by atoms with Crippen LogP contribution in [0.15, 0.2) is 18.2 Å². The van der Waals surface area contributed by atoms with Crippen molar-refractivity contribution in [3.8, 4) is 0 Å². The number of rotatable bonds is 4. The summed E-state index contributed by atoms with van der Waals surface area (Å²) in [6.45, 7) is 6.28. The molecule has 1 aromatic carbocycles. The number of hydrogen-bond donors (Lipinski definition) is 3. The van der Waals surface area contributed by atoms with E-state index in [1.54, 1.807) is 32.0 Å². The number of aromatic nitrogens is 1. The Bertz CT molecular complexity index is 840. The van der Waals surface area contributed by atoms with Crippen molar-refractivity contribution >= 4 is 40.6 Å². The molecule has 0 aliphatic rings. The van der Waals surface area contributed by atoms with Crippen molar-refractivity contribution in [2.75, 3.05) is 10.6 Å². The Kier molecular flexibility index (Phi) is 5.09. The summed E-state index contributed by atoms with van der Waals surface area (Å²) in [7, 11) is 0. The van der Waals surface area contributed by atoms with Crippen molar-refractivity contribution in [2.24, 2.45) is 0 Å². The van der Waals surface area contributed by atoms with Gasteiger partial charge in [-0.3, -0.25) is 14.4 Å². The smallest absolute Gasteiger partial charge is 0.272 e. The van der Waals surface area contributed by atoms with Crippen LogP contribution >= 0.6 is 11.6 Å². The summed E-state index contributed by atoms with van der Waals surface area (Å²) in [4.78, 5) is 38.5. The quantitative estimate of drug-likeness (QED) is 0.736. The molecule has 1 aromatic heterocycles. The number of carbonyl (C=O) groups is 3. The van der Waals surface area contributed by atoms with Gasteiger partial charge in [-0.25, -0.2) is 0 Å². The highest BCUT2D eigenvalue weighted by Gasteiger charge is 2.20. The van der Waals surface area contributed by atoms with E-state index in [0.717, 1.165) is 0 Å². The highest BCUT2D eigenvalue weighted by Crippen LogP contribution is 2.27. The minimum Gasteiger partial charge on any atom is -0.354 e. The van der Waals surface area contributed by atoms with E-state index in [4.69, 9.17) is 11.6 Å². The number of anilines is 2. The first kappa shape index (κ1) is 17.7. The van der Waals surface area contributed by atoms with Gasteiger partial charge in [0.05, 0.1) is 11.4 Å². The first-order valence-electron chi connectivity index (χ1n) is 7.29. The summed E-state index contributed by atoms with van der Waals surface area (Å²) in [5.74, 6) is -0.794. The monoisotopic (exact) mass is 347 g/mol. The number of Topliss-reactive ketones (excluding diaryl/α,β-unsaturated/α-hetero) is 1. The zero-order valence-electron chi connectivity index (χ0n) is 13.8. The minimum absolute atomic E-state index is 0.109. The molecule has 0 spiro atoms. The van der Waals surface area contributed by atoms with Crippen LogP contribution in [0.3, 0.4) is 0 Å². The van der Waals surface area contributed by atoms with Crippen molar-refractivity contribution in [3.05, 3.63) is 45.7 Å². The summed E-state index contributed by atoms with van der Waals surface area (Å²) in [6.07, 6.45) is 0. The number of amides is 2. The molecule has 0 fully saturated rings. The van der Waals surface area contributed by atoms with Crippen LogP contribution in [0.4, 0.5) is 11.4 Å². The molecule has 0 bridgehead atoms. The van der Waals surface area contributed by atoms with Gasteiger partial charge >= 0.3 is 0 Å². The average Bonchev–Trinajstić information content (AvgIpc) is 2.76. The van der Waals surface area contributed by atoms with Crippen molar-refractivity contribution in [2.45, 2.75) is 27.7 Å². The third-order valence-corrected chi connectivity index (χ3v) is 3.79. The fourth-order valence-corrected chi connectivity index (χ4v) is 2.78. The molecule has 0 aliphatic heterocycles. The van der Waals surface area contributed by atoms with Crippen LogP contribution in [0.2, 0.25) is 5.02 Å². The maximum Gasteiger partial charge on any atom is 0.272 e. The third kappa shape index (κ3) is 3.65. The Hall–Kier alpha value is -2.60. The van der Waals surface area contributed by atoms with Crippen LogP contribution in [0, 0.1) is 13.8 Å². The average molecular weight is 348 g/mol. The number of H-pyrrole nitrogens is 1. The first-order chi connectivity index (χ1) is 11.2. The lowest BCUT2D eigenvalue weighted by Gasteiger charge is -2.12. The fourth-order valence-electron chi connectivity index (χ4n) is 2.61. The molecular formula is C17H18ClN3O3. The van der Waals surface area contributed by atoms with E-state index in [-0.39, 0.29) is 11.7 Å². The number of halogens is 1. The van der Waals surface area contributed by atoms with Gasteiger partial charge in [0.2, 0.25) is 5.91 Å². The zero-order chi connectivity index (χ0) is 18.0. The largest absolute Gasteiger partial charge is 0.354 e. The van der Waals surface area contributed by atoms with Gasteiger partial charge < -0.3 is 15.6 Å². The lowest BCUT2D eigenvalue weighted by atomic mass is 10.1. The molecule has 6 nitrogen and oxygen atoms in total. The van der Waals surface area contributed by atoms with Crippen LogP contribution < -0.4 is 10.6 Å². The predicted octanol–water partition coefficient (Wildman–Crippen LogP) is 3.70. The Balaban J connectivity index is 2.37. The number of ketones is 1. The minimum atomic E-state index is -0.419. The van der Waals surface area contributed by atoms with Crippen LogP contribution in [0.25, 0.3) is 0 Å². The number of aryl methyl sites for hydroxylation is 1. The number of benzene rings is 1. The Morgan fingerprint density at radius 3 is 2.25 bits per heavy atom. The summed E-state index contributed by atoms with van der Waals surface area (Å²) in [6, 6.07) is 4.76. The molecule has 24 heavy (non-hydrogen) atoms. The molecule has 2 amide bonds. The molecule has 2 aromatic rings. The molecule has 0 aliphatic carbocycles. The third-order valence-electron chi connectivity index (χ3n) is 3.56. The molecule has 1 heterocycles. The van der Waals surface area contributed by atoms with Gasteiger partial charge in [0.1, 0.15) is 5.69 Å². The Morgan fingerprint density at radius 1 is 1.04 bits per heavy atom. The van der Waals surface area contributed by atoms with Crippen molar-refractivity contribution in [3.63, 3.8) is 0 Å². The van der Waals surface area contributed by atoms with E-state index in [2.05, 4.69) is 15.6 Å². The van der Waals surface area contributed by atoms with E-state index in [0.29, 0.717) is 38.9 Å². The lowest BCUT2D eigenvalue weighted by Crippen LogP contribution is -2.16. The maximum absolute atomic E-state index is 12.6. The van der Waals surface area contributed by atoms with Crippen LogP contribution in [0.1, 0.15) is 46.0 Å². The second kappa shape index (κ2) is 6.88. The second-order valence-corrected chi connectivity index (χ2v) is 5.94. The molecule has 0 atom stereocenters. The van der Waals surface area contributed by atoms with E-state index >= 15 is 0 Å². The van der Waals surface area contributed by atoms with Gasteiger partial charge in [-0.15, -0.1) is 0 Å². The lowest BCUT2D eigenvalue weighted by molar-refractivity contribution is -0.114. The predicted molar refractivity (Wildman–Crippen MR) is 94.0 cm³/mol. The van der Waals surface area contributed by atoms with E-state index in [1.165, 1.54) is 13.8 Å². The van der Waals surface area contributed by atoms with Crippen molar-refractivity contribution in [1.29, 1.82) is 0 Å². The molecule has 0 saturated carbocycles. The highest BCUT2D eigenvalue weighted by molar-refractivity contribution is 6.31. The summed E-state index contributed by atoms with van der Waals surface area (Å²) in [5, 5.41) is 5.76. The second-order valence-electron chi connectivity index (χ2n) is 5.51. The molecular weight excluding hydrogens is 330 g/mol. The van der Waals surface area contributed by atoms with E-state index in [1.807, 2.05) is 0 Å². The molecule has 3 N–H and O–H groups in total. The van der Waals surface area contributed by atoms with E-state index < -0.39 is 5.91 Å². The van der Waals surface area contributed by atoms with Crippen molar-refractivity contribution < 1.29 is 14.4 Å². The summed E-state index contributed by atoms with van der Waals surface area (Å²) >= 11 is 5.97.